The number of nitrogens with one attached hydrogen (secondary N) is 1. The molecule has 0 aliphatic carbocycles. The molecule has 1 amide bonds. The fourth-order valence-corrected chi connectivity index (χ4v) is 4.76. The van der Waals surface area contributed by atoms with Crippen molar-refractivity contribution in [2.24, 2.45) is 0 Å². The first kappa shape index (κ1) is 17.8. The minimum Gasteiger partial charge on any atom is -0.469 e. The highest BCUT2D eigenvalue weighted by atomic mass is 32.1. The number of thiophene rings is 2. The van der Waals surface area contributed by atoms with E-state index in [2.05, 4.69) is 10.3 Å². The van der Waals surface area contributed by atoms with E-state index in [1.807, 2.05) is 41.3 Å². The molecule has 0 aromatic carbocycles. The zero-order valence-corrected chi connectivity index (χ0v) is 16.1. The van der Waals surface area contributed by atoms with Crippen LogP contribution in [0.2, 0.25) is 0 Å². The number of esters is 1. The first-order valence-electron chi connectivity index (χ1n) is 7.49. The smallest absolute Gasteiger partial charge is 0.307 e. The second-order valence-corrected chi connectivity index (χ2v) is 8.03. The Balaban J connectivity index is 1.80. The van der Waals surface area contributed by atoms with Crippen molar-refractivity contribution in [1.29, 1.82) is 0 Å². The number of aryl methyl sites for hydroxylation is 1. The van der Waals surface area contributed by atoms with Gasteiger partial charge < -0.3 is 10.1 Å². The lowest BCUT2D eigenvalue weighted by atomic mass is 10.1. The number of thiazole rings is 1. The van der Waals surface area contributed by atoms with Gasteiger partial charge in [-0.3, -0.25) is 9.59 Å². The fourth-order valence-electron chi connectivity index (χ4n) is 2.30. The maximum Gasteiger partial charge on any atom is 0.307 e. The number of methoxy groups -OCH3 is 1. The predicted molar refractivity (Wildman–Crippen MR) is 101 cm³/mol. The Hall–Kier alpha value is -2.03. The van der Waals surface area contributed by atoms with Crippen molar-refractivity contribution in [3.05, 3.63) is 49.8 Å². The number of ether oxygens (including phenoxy) is 1. The second kappa shape index (κ2) is 7.90. The molecule has 0 saturated heterocycles. The normalized spacial score (nSPS) is 11.9. The summed E-state index contributed by atoms with van der Waals surface area (Å²) in [7, 11) is 1.34. The molecule has 25 heavy (non-hydrogen) atoms. The third-order valence-corrected chi connectivity index (χ3v) is 6.44. The summed E-state index contributed by atoms with van der Waals surface area (Å²) in [5.41, 5.74) is 1.70. The molecule has 0 bridgehead atoms. The predicted octanol–water partition coefficient (Wildman–Crippen LogP) is 4.28. The van der Waals surface area contributed by atoms with Crippen LogP contribution >= 0.6 is 34.0 Å². The van der Waals surface area contributed by atoms with Crippen molar-refractivity contribution >= 4 is 45.9 Å². The van der Waals surface area contributed by atoms with Crippen LogP contribution < -0.4 is 5.32 Å². The molecule has 3 aromatic rings. The minimum atomic E-state index is -0.411. The summed E-state index contributed by atoms with van der Waals surface area (Å²) in [6.07, 6.45) is 0.0952. The van der Waals surface area contributed by atoms with E-state index in [1.165, 1.54) is 29.8 Å². The summed E-state index contributed by atoms with van der Waals surface area (Å²) in [5, 5.41) is 9.67. The molecule has 0 spiro atoms. The number of carbonyl (C=O) groups excluding carboxylic acids is 2. The molecule has 3 heterocycles. The van der Waals surface area contributed by atoms with Crippen LogP contribution in [0.4, 0.5) is 0 Å². The average Bonchev–Trinajstić information content (AvgIpc) is 3.34. The molecule has 1 unspecified atom stereocenters. The Labute approximate surface area is 157 Å². The molecule has 3 aromatic heterocycles. The topological polar surface area (TPSA) is 68.3 Å². The minimum absolute atomic E-state index is 0.0952. The van der Waals surface area contributed by atoms with Crippen LogP contribution in [0.5, 0.6) is 0 Å². The van der Waals surface area contributed by atoms with Crippen molar-refractivity contribution in [3.8, 4) is 10.6 Å². The molecule has 0 fully saturated rings. The van der Waals surface area contributed by atoms with E-state index in [1.54, 1.807) is 11.3 Å². The maximum atomic E-state index is 12.7. The lowest BCUT2D eigenvalue weighted by Gasteiger charge is -2.16. The number of rotatable bonds is 6. The van der Waals surface area contributed by atoms with Crippen molar-refractivity contribution in [3.63, 3.8) is 0 Å². The summed E-state index contributed by atoms with van der Waals surface area (Å²) >= 11 is 4.45. The fraction of sp³-hybridized carbons (Fsp3) is 0.235. The lowest BCUT2D eigenvalue weighted by molar-refractivity contribution is -0.141. The van der Waals surface area contributed by atoms with Gasteiger partial charge in [0.1, 0.15) is 9.88 Å². The van der Waals surface area contributed by atoms with Crippen molar-refractivity contribution in [2.45, 2.75) is 19.4 Å². The number of nitrogens with zero attached hydrogens (tertiary/aromatic N) is 1. The van der Waals surface area contributed by atoms with Crippen LogP contribution in [0.15, 0.2) is 34.3 Å². The van der Waals surface area contributed by atoms with Crippen LogP contribution in [0, 0.1) is 6.92 Å². The molecule has 0 radical (unpaired) electrons. The summed E-state index contributed by atoms with van der Waals surface area (Å²) in [6.45, 7) is 1.82. The Kier molecular flexibility index (Phi) is 5.62. The number of amides is 1. The molecule has 0 aliphatic heterocycles. The molecule has 1 atom stereocenters. The summed E-state index contributed by atoms with van der Waals surface area (Å²) in [4.78, 5) is 30.4. The first-order valence-corrected chi connectivity index (χ1v) is 10.1. The van der Waals surface area contributed by atoms with Crippen molar-refractivity contribution in [2.75, 3.05) is 7.11 Å². The van der Waals surface area contributed by atoms with Crippen LogP contribution in [0.1, 0.15) is 32.7 Å². The molecule has 8 heteroatoms. The lowest BCUT2D eigenvalue weighted by Crippen LogP contribution is -2.29. The van der Waals surface area contributed by atoms with Gasteiger partial charge in [-0.15, -0.1) is 22.7 Å². The Morgan fingerprint density at radius 2 is 2.16 bits per heavy atom. The van der Waals surface area contributed by atoms with Gasteiger partial charge in [-0.25, -0.2) is 4.98 Å². The summed E-state index contributed by atoms with van der Waals surface area (Å²) in [6, 6.07) is 5.36. The highest BCUT2D eigenvalue weighted by Gasteiger charge is 2.23. The van der Waals surface area contributed by atoms with Gasteiger partial charge in [0.25, 0.3) is 5.91 Å². The van der Waals surface area contributed by atoms with Crippen molar-refractivity contribution < 1.29 is 14.3 Å². The van der Waals surface area contributed by atoms with Gasteiger partial charge in [-0.1, -0.05) is 6.07 Å². The number of hydrogen-bond donors (Lipinski definition) is 1. The maximum absolute atomic E-state index is 12.7. The largest absolute Gasteiger partial charge is 0.469 e. The van der Waals surface area contributed by atoms with Gasteiger partial charge in [0.15, 0.2) is 0 Å². The van der Waals surface area contributed by atoms with E-state index in [0.29, 0.717) is 10.6 Å². The summed E-state index contributed by atoms with van der Waals surface area (Å²) in [5.74, 6) is -0.586. The number of hydrogen-bond acceptors (Lipinski definition) is 7. The van der Waals surface area contributed by atoms with Crippen LogP contribution in [0.25, 0.3) is 10.6 Å². The quantitative estimate of drug-likeness (QED) is 0.636. The van der Waals surface area contributed by atoms with E-state index in [9.17, 15) is 9.59 Å². The van der Waals surface area contributed by atoms with Crippen LogP contribution in [0.3, 0.4) is 0 Å². The van der Waals surface area contributed by atoms with Gasteiger partial charge in [0, 0.05) is 15.8 Å². The molecule has 1 N–H and O–H groups in total. The Bertz CT molecular complexity index is 854. The third kappa shape index (κ3) is 4.15. The molecule has 0 saturated carbocycles. The molecule has 5 nitrogen and oxygen atoms in total. The van der Waals surface area contributed by atoms with E-state index in [4.69, 9.17) is 4.74 Å². The van der Waals surface area contributed by atoms with Crippen molar-refractivity contribution in [1.82, 2.24) is 10.3 Å². The van der Waals surface area contributed by atoms with Crippen LogP contribution in [-0.2, 0) is 9.53 Å². The zero-order valence-electron chi connectivity index (χ0n) is 13.6. The standard InChI is InChI=1S/C17H16N2O3S3/c1-10-15(25-17(18-10)11-5-7-23-9-11)16(21)19-12(8-14(20)22-2)13-4-3-6-24-13/h3-7,9,12H,8H2,1-2H3,(H,19,21). The highest BCUT2D eigenvalue weighted by molar-refractivity contribution is 7.17. The SMILES string of the molecule is COC(=O)CC(NC(=O)c1sc(-c2ccsc2)nc1C)c1cccs1. The monoisotopic (exact) mass is 392 g/mol. The average molecular weight is 393 g/mol. The zero-order chi connectivity index (χ0) is 17.8. The molecule has 130 valence electrons. The third-order valence-electron chi connectivity index (χ3n) is 3.56. The summed E-state index contributed by atoms with van der Waals surface area (Å²) < 4.78 is 4.75. The number of carbonyl (C=O) groups is 2. The van der Waals surface area contributed by atoms with E-state index in [0.717, 1.165) is 15.4 Å². The second-order valence-electron chi connectivity index (χ2n) is 5.27. The highest BCUT2D eigenvalue weighted by Crippen LogP contribution is 2.30. The van der Waals surface area contributed by atoms with Gasteiger partial charge >= 0.3 is 5.97 Å². The van der Waals surface area contributed by atoms with Gasteiger partial charge in [0.05, 0.1) is 25.3 Å². The van der Waals surface area contributed by atoms with E-state index < -0.39 is 6.04 Å². The van der Waals surface area contributed by atoms with E-state index >= 15 is 0 Å². The van der Waals surface area contributed by atoms with Crippen LogP contribution in [-0.4, -0.2) is 24.0 Å². The molecular weight excluding hydrogens is 376 g/mol. The molecule has 3 rings (SSSR count). The van der Waals surface area contributed by atoms with E-state index in [-0.39, 0.29) is 18.3 Å². The molecule has 0 aliphatic rings. The Morgan fingerprint density at radius 3 is 2.80 bits per heavy atom. The number of aromatic nitrogens is 1. The molecular formula is C17H16N2O3S3. The van der Waals surface area contributed by atoms with Gasteiger partial charge in [0.2, 0.25) is 0 Å². The van der Waals surface area contributed by atoms with Gasteiger partial charge in [-0.2, -0.15) is 11.3 Å². The Morgan fingerprint density at radius 1 is 1.32 bits per heavy atom. The van der Waals surface area contributed by atoms with Gasteiger partial charge in [-0.05, 0) is 29.8 Å². The first-order chi connectivity index (χ1) is 12.1.